The van der Waals surface area contributed by atoms with E-state index in [0.717, 1.165) is 61.0 Å². The fourth-order valence-electron chi connectivity index (χ4n) is 4.57. The molecule has 0 aromatic carbocycles. The van der Waals surface area contributed by atoms with E-state index >= 15 is 0 Å². The predicted octanol–water partition coefficient (Wildman–Crippen LogP) is 3.49. The minimum Gasteiger partial charge on any atom is -0.377 e. The zero-order chi connectivity index (χ0) is 25.9. The molecule has 0 amide bonds. The van der Waals surface area contributed by atoms with Gasteiger partial charge in [0, 0.05) is 61.8 Å². The van der Waals surface area contributed by atoms with Gasteiger partial charge in [0.05, 0.1) is 41.7 Å². The van der Waals surface area contributed by atoms with Gasteiger partial charge >= 0.3 is 6.55 Å². The third-order valence-electron chi connectivity index (χ3n) is 6.54. The second-order valence-corrected chi connectivity index (χ2v) is 9.30. The summed E-state index contributed by atoms with van der Waals surface area (Å²) >= 11 is 0. The van der Waals surface area contributed by atoms with Crippen LogP contribution < -0.4 is 9.58 Å². The van der Waals surface area contributed by atoms with Gasteiger partial charge in [0.2, 0.25) is 6.20 Å². The van der Waals surface area contributed by atoms with Gasteiger partial charge in [0.1, 0.15) is 11.9 Å². The van der Waals surface area contributed by atoms with Crippen LogP contribution in [-0.4, -0.2) is 70.0 Å². The molecule has 0 unspecified atom stereocenters. The van der Waals surface area contributed by atoms with Gasteiger partial charge in [0.15, 0.2) is 0 Å². The Hall–Kier alpha value is -3.88. The fraction of sp³-hybridized carbons (Fsp3) is 0.385. The molecule has 4 aromatic rings. The molecule has 4 aromatic heterocycles. The molecule has 0 bridgehead atoms. The number of H-pyrrole nitrogens is 1. The summed E-state index contributed by atoms with van der Waals surface area (Å²) in [5, 5.41) is 16.5. The summed E-state index contributed by atoms with van der Waals surface area (Å²) in [6.07, 6.45) is 8.14. The highest BCUT2D eigenvalue weighted by molar-refractivity contribution is 5.87. The van der Waals surface area contributed by atoms with Gasteiger partial charge < -0.3 is 9.64 Å². The van der Waals surface area contributed by atoms with Crippen LogP contribution in [0.25, 0.3) is 27.8 Å². The number of anilines is 1. The number of alkyl halides is 2. The molecular formula is C26H29F2N8O+. The summed E-state index contributed by atoms with van der Waals surface area (Å²) in [7, 11) is 0. The highest BCUT2D eigenvalue weighted by atomic mass is 19.3. The molecule has 192 valence electrons. The van der Waals surface area contributed by atoms with Crippen LogP contribution in [0.1, 0.15) is 26.0 Å². The molecule has 0 aliphatic carbocycles. The second kappa shape index (κ2) is 10.6. The Kier molecular flexibility index (Phi) is 7.12. The van der Waals surface area contributed by atoms with Crippen LogP contribution in [0.5, 0.6) is 0 Å². The van der Waals surface area contributed by atoms with Gasteiger partial charge in [-0.05, 0) is 32.0 Å². The lowest BCUT2D eigenvalue weighted by molar-refractivity contribution is -0.818. The number of halogens is 2. The molecule has 1 N–H and O–H groups in total. The summed E-state index contributed by atoms with van der Waals surface area (Å²) in [5.74, 6) is 0.895. The number of fused-ring (bicyclic) bond motifs is 1. The van der Waals surface area contributed by atoms with Crippen LogP contribution in [-0.2, 0) is 4.74 Å². The van der Waals surface area contributed by atoms with Crippen molar-refractivity contribution in [2.24, 2.45) is 0 Å². The molecule has 0 atom stereocenters. The van der Waals surface area contributed by atoms with Crippen molar-refractivity contribution in [1.82, 2.24) is 24.6 Å². The number of nitrogens with one attached hydrogen (secondary N) is 1. The lowest BCUT2D eigenvalue weighted by Crippen LogP contribution is -2.47. The number of piperazine rings is 1. The molecule has 1 saturated heterocycles. The maximum atomic E-state index is 13.1. The molecule has 1 aliphatic rings. The van der Waals surface area contributed by atoms with Crippen LogP contribution in [0.2, 0.25) is 0 Å². The molecule has 0 saturated carbocycles. The molecule has 37 heavy (non-hydrogen) atoms. The third-order valence-corrected chi connectivity index (χ3v) is 6.54. The van der Waals surface area contributed by atoms with E-state index in [9.17, 15) is 14.0 Å². The van der Waals surface area contributed by atoms with Gasteiger partial charge in [-0.2, -0.15) is 15.5 Å². The van der Waals surface area contributed by atoms with Crippen molar-refractivity contribution in [2.45, 2.75) is 26.5 Å². The Labute approximate surface area is 213 Å². The summed E-state index contributed by atoms with van der Waals surface area (Å²) in [6.45, 7) is 6.75. The average molecular weight is 508 g/mol. The highest BCUT2D eigenvalue weighted by Crippen LogP contribution is 2.32. The molecule has 0 radical (unpaired) electrons. The lowest BCUT2D eigenvalue weighted by atomic mass is 10.0. The van der Waals surface area contributed by atoms with Crippen molar-refractivity contribution in [3.8, 4) is 28.3 Å². The largest absolute Gasteiger partial charge is 0.472 e. The van der Waals surface area contributed by atoms with Gasteiger partial charge in [-0.1, -0.05) is 4.68 Å². The predicted molar refractivity (Wildman–Crippen MR) is 134 cm³/mol. The van der Waals surface area contributed by atoms with Crippen molar-refractivity contribution < 1.29 is 18.2 Å². The molecular weight excluding hydrogens is 478 g/mol. The number of nitrogens with zero attached hydrogens (tertiary/aromatic N) is 7. The number of ether oxygens (including phenoxy) is 1. The topological polar surface area (TPSA) is 89.4 Å². The third kappa shape index (κ3) is 5.30. The van der Waals surface area contributed by atoms with E-state index in [4.69, 9.17) is 9.72 Å². The van der Waals surface area contributed by atoms with E-state index < -0.39 is 6.55 Å². The molecule has 5 heterocycles. The maximum absolute atomic E-state index is 13.1. The van der Waals surface area contributed by atoms with Gasteiger partial charge in [-0.3, -0.25) is 4.90 Å². The van der Waals surface area contributed by atoms with Crippen LogP contribution in [0, 0.1) is 11.3 Å². The van der Waals surface area contributed by atoms with Crippen molar-refractivity contribution in [3.05, 3.63) is 54.7 Å². The monoisotopic (exact) mass is 507 g/mol. The standard InChI is InChI=1S/C26H28F2N8O/c1-18(2)37-10-9-33-5-7-34(8-6-33)24-4-3-19(13-30-24)23-11-20(22-15-32-36(17-22)26(27)28)16-35-25(23)21(12-29)14-31-35/h3-4,11,13-18,26H,5-10H2,1-2H3/p+1. The van der Waals surface area contributed by atoms with Crippen molar-refractivity contribution >= 4 is 11.3 Å². The van der Waals surface area contributed by atoms with Crippen LogP contribution in [0.4, 0.5) is 14.6 Å². The van der Waals surface area contributed by atoms with E-state index in [1.54, 1.807) is 16.9 Å². The van der Waals surface area contributed by atoms with Crippen LogP contribution >= 0.6 is 0 Å². The molecule has 0 spiro atoms. The Balaban J connectivity index is 1.38. The number of hydrogen-bond donors (Lipinski definition) is 1. The Morgan fingerprint density at radius 2 is 1.95 bits per heavy atom. The van der Waals surface area contributed by atoms with E-state index in [-0.39, 0.29) is 6.10 Å². The van der Waals surface area contributed by atoms with E-state index in [0.29, 0.717) is 22.2 Å². The van der Waals surface area contributed by atoms with E-state index in [1.165, 1.54) is 18.6 Å². The van der Waals surface area contributed by atoms with E-state index in [2.05, 4.69) is 26.1 Å². The quantitative estimate of drug-likeness (QED) is 0.367. The zero-order valence-electron chi connectivity index (χ0n) is 20.8. The van der Waals surface area contributed by atoms with Gasteiger partial charge in [-0.15, -0.1) is 8.78 Å². The summed E-state index contributed by atoms with van der Waals surface area (Å²) < 4.78 is 34.2. The van der Waals surface area contributed by atoms with Crippen LogP contribution in [0.15, 0.2) is 49.2 Å². The van der Waals surface area contributed by atoms with Gasteiger partial charge in [0.25, 0.3) is 0 Å². The Morgan fingerprint density at radius 1 is 1.14 bits per heavy atom. The number of hydrogen-bond acceptors (Lipinski definition) is 6. The zero-order valence-corrected chi connectivity index (χ0v) is 20.8. The molecule has 1 aliphatic heterocycles. The molecule has 5 rings (SSSR count). The number of aromatic amines is 1. The summed E-state index contributed by atoms with van der Waals surface area (Å²) in [4.78, 5) is 9.39. The van der Waals surface area contributed by atoms with Crippen LogP contribution in [0.3, 0.4) is 0 Å². The first kappa shape index (κ1) is 24.8. The Bertz CT molecular complexity index is 1400. The first-order chi connectivity index (χ1) is 17.9. The SMILES string of the molecule is CC(C)OCCN1CCN(c2ccc(-c3cc(-c4c[nH][n+](C(F)F)c4)cn4ncc(C#N)c34)cn2)CC1. The van der Waals surface area contributed by atoms with Crippen molar-refractivity contribution in [3.63, 3.8) is 0 Å². The summed E-state index contributed by atoms with van der Waals surface area (Å²) in [6, 6.07) is 8.04. The molecule has 9 nitrogen and oxygen atoms in total. The van der Waals surface area contributed by atoms with E-state index in [1.807, 2.05) is 32.0 Å². The minimum atomic E-state index is -2.67. The van der Waals surface area contributed by atoms with Crippen molar-refractivity contribution in [2.75, 3.05) is 44.2 Å². The minimum absolute atomic E-state index is 0.245. The lowest BCUT2D eigenvalue weighted by Gasteiger charge is -2.35. The Morgan fingerprint density at radius 3 is 2.59 bits per heavy atom. The smallest absolute Gasteiger partial charge is 0.377 e. The number of pyridine rings is 2. The van der Waals surface area contributed by atoms with Gasteiger partial charge in [-0.25, -0.2) is 9.50 Å². The second-order valence-electron chi connectivity index (χ2n) is 9.30. The molecule has 1 fully saturated rings. The highest BCUT2D eigenvalue weighted by Gasteiger charge is 2.21. The normalized spacial score (nSPS) is 14.7. The number of nitriles is 1. The van der Waals surface area contributed by atoms with Crippen molar-refractivity contribution in [1.29, 1.82) is 5.26 Å². The average Bonchev–Trinajstić information content (AvgIpc) is 3.56. The number of aromatic nitrogens is 5. The molecule has 11 heteroatoms. The maximum Gasteiger partial charge on any atom is 0.472 e. The first-order valence-electron chi connectivity index (χ1n) is 12.3. The first-order valence-corrected chi connectivity index (χ1v) is 12.3. The summed E-state index contributed by atoms with van der Waals surface area (Å²) in [5.41, 5.74) is 3.92. The number of rotatable bonds is 8. The fourth-order valence-corrected chi connectivity index (χ4v) is 4.57.